The smallest absolute Gasteiger partial charge is 0.417 e. The summed E-state index contributed by atoms with van der Waals surface area (Å²) < 4.78 is 45.9. The number of ketones is 1. The highest BCUT2D eigenvalue weighted by molar-refractivity contribution is 6.48. The van der Waals surface area contributed by atoms with Crippen molar-refractivity contribution < 1.29 is 27.5 Å². The third-order valence-electron chi connectivity index (χ3n) is 4.58. The number of primary amides is 1. The highest BCUT2D eigenvalue weighted by Crippen LogP contribution is 2.40. The zero-order valence-electron chi connectivity index (χ0n) is 15.0. The maximum absolute atomic E-state index is 13.6. The fourth-order valence-corrected chi connectivity index (χ4v) is 3.84. The van der Waals surface area contributed by atoms with Gasteiger partial charge in [-0.2, -0.15) is 13.2 Å². The van der Waals surface area contributed by atoms with Crippen molar-refractivity contribution in [3.8, 4) is 0 Å². The molecule has 0 spiro atoms. The number of benzene rings is 2. The molecule has 1 amide bonds. The van der Waals surface area contributed by atoms with Crippen molar-refractivity contribution in [1.29, 1.82) is 0 Å². The molecule has 0 fully saturated rings. The van der Waals surface area contributed by atoms with E-state index in [9.17, 15) is 22.8 Å². The Hall–Kier alpha value is -2.22. The van der Waals surface area contributed by atoms with Crippen LogP contribution in [0.5, 0.6) is 0 Å². The Morgan fingerprint density at radius 1 is 1.07 bits per heavy atom. The summed E-state index contributed by atoms with van der Waals surface area (Å²) in [4.78, 5) is 23.6. The Labute approximate surface area is 184 Å². The molecular formula is C20H13Cl3F3NO3. The van der Waals surface area contributed by atoms with Crippen LogP contribution in [0.25, 0.3) is 5.57 Å². The van der Waals surface area contributed by atoms with Gasteiger partial charge < -0.3 is 10.5 Å². The summed E-state index contributed by atoms with van der Waals surface area (Å²) in [5.74, 6) is -0.855. The Bertz CT molecular complexity index is 1040. The van der Waals surface area contributed by atoms with E-state index in [1.807, 2.05) is 0 Å². The Balaban J connectivity index is 1.98. The number of halogens is 6. The van der Waals surface area contributed by atoms with E-state index in [4.69, 9.17) is 45.3 Å². The van der Waals surface area contributed by atoms with Crippen molar-refractivity contribution >= 4 is 52.3 Å². The molecule has 10 heteroatoms. The van der Waals surface area contributed by atoms with Crippen LogP contribution < -0.4 is 5.73 Å². The number of fused-ring (bicyclic) bond motifs is 1. The second-order valence-corrected chi connectivity index (χ2v) is 7.74. The maximum Gasteiger partial charge on any atom is 0.417 e. The molecule has 1 unspecified atom stereocenters. The lowest BCUT2D eigenvalue weighted by molar-refractivity contribution is -0.0689. The van der Waals surface area contributed by atoms with Gasteiger partial charge in [-0.25, -0.2) is 4.79 Å². The summed E-state index contributed by atoms with van der Waals surface area (Å²) in [5, 5.41) is -0.416. The van der Waals surface area contributed by atoms with Crippen LogP contribution >= 0.6 is 34.8 Å². The molecule has 2 aromatic carbocycles. The lowest BCUT2D eigenvalue weighted by Gasteiger charge is -2.14. The monoisotopic (exact) mass is 477 g/mol. The van der Waals surface area contributed by atoms with Gasteiger partial charge in [-0.1, -0.05) is 46.9 Å². The number of hydrogen-bond acceptors (Lipinski definition) is 3. The first-order chi connectivity index (χ1) is 14.0. The van der Waals surface area contributed by atoms with E-state index in [0.29, 0.717) is 30.0 Å². The number of ether oxygens (including phenoxy) is 1. The summed E-state index contributed by atoms with van der Waals surface area (Å²) in [6.45, 7) is 0. The molecule has 3 rings (SSSR count). The van der Waals surface area contributed by atoms with Gasteiger partial charge in [0.2, 0.25) is 0 Å². The summed E-state index contributed by atoms with van der Waals surface area (Å²) in [5.41, 5.74) is 4.87. The zero-order chi connectivity index (χ0) is 22.2. The van der Waals surface area contributed by atoms with Crippen molar-refractivity contribution in [2.24, 2.45) is 5.73 Å². The fourth-order valence-electron chi connectivity index (χ4n) is 3.25. The third kappa shape index (κ3) is 4.74. The molecule has 1 aliphatic carbocycles. The van der Waals surface area contributed by atoms with Crippen LogP contribution in [0.2, 0.25) is 15.1 Å². The number of carbonyl (C=O) groups excluding carboxylic acids is 2. The lowest BCUT2D eigenvalue weighted by Crippen LogP contribution is -2.16. The van der Waals surface area contributed by atoms with Crippen LogP contribution in [0.15, 0.2) is 36.4 Å². The van der Waals surface area contributed by atoms with Crippen molar-refractivity contribution in [3.05, 3.63) is 73.7 Å². The molecule has 0 saturated carbocycles. The number of nitrogens with two attached hydrogens (primary N) is 1. The normalized spacial score (nSPS) is 16.3. The SMILES string of the molecule is NC(=O)OC1CCc2cc(C(=O)C=C(c3cc(Cl)c(Cl)c(Cl)c3)C(F)(F)F)ccc21. The minimum Gasteiger partial charge on any atom is -0.441 e. The van der Waals surface area contributed by atoms with Gasteiger partial charge in [-0.15, -0.1) is 0 Å². The number of carbonyl (C=O) groups is 2. The van der Waals surface area contributed by atoms with E-state index in [2.05, 4.69) is 0 Å². The predicted octanol–water partition coefficient (Wildman–Crippen LogP) is 6.56. The van der Waals surface area contributed by atoms with E-state index in [1.54, 1.807) is 6.07 Å². The number of rotatable bonds is 4. The minimum absolute atomic E-state index is 0.0568. The first kappa shape index (κ1) is 22.5. The zero-order valence-corrected chi connectivity index (χ0v) is 17.3. The summed E-state index contributed by atoms with van der Waals surface area (Å²) >= 11 is 17.5. The van der Waals surface area contributed by atoms with Crippen molar-refractivity contribution in [3.63, 3.8) is 0 Å². The van der Waals surface area contributed by atoms with Crippen LogP contribution in [0.1, 0.15) is 39.6 Å². The molecule has 0 saturated heterocycles. The number of amides is 1. The molecule has 0 aromatic heterocycles. The van der Waals surface area contributed by atoms with Crippen molar-refractivity contribution in [2.75, 3.05) is 0 Å². The van der Waals surface area contributed by atoms with Crippen LogP contribution in [-0.4, -0.2) is 18.1 Å². The highest BCUT2D eigenvalue weighted by atomic mass is 35.5. The molecular weight excluding hydrogens is 466 g/mol. The summed E-state index contributed by atoms with van der Waals surface area (Å²) in [7, 11) is 0. The van der Waals surface area contributed by atoms with Gasteiger partial charge in [0.1, 0.15) is 6.10 Å². The number of hydrogen-bond donors (Lipinski definition) is 1. The number of alkyl halides is 3. The predicted molar refractivity (Wildman–Crippen MR) is 108 cm³/mol. The van der Waals surface area contributed by atoms with E-state index in [-0.39, 0.29) is 26.2 Å². The topological polar surface area (TPSA) is 69.4 Å². The Morgan fingerprint density at radius 2 is 1.70 bits per heavy atom. The van der Waals surface area contributed by atoms with E-state index < -0.39 is 29.7 Å². The molecule has 1 atom stereocenters. The maximum atomic E-state index is 13.6. The molecule has 1 aliphatic rings. The van der Waals surface area contributed by atoms with E-state index in [1.165, 1.54) is 12.1 Å². The molecule has 2 N–H and O–H groups in total. The molecule has 30 heavy (non-hydrogen) atoms. The minimum atomic E-state index is -4.84. The molecule has 0 radical (unpaired) electrons. The van der Waals surface area contributed by atoms with E-state index >= 15 is 0 Å². The molecule has 2 aromatic rings. The van der Waals surface area contributed by atoms with Gasteiger partial charge in [0.15, 0.2) is 5.78 Å². The van der Waals surface area contributed by atoms with Crippen molar-refractivity contribution in [2.45, 2.75) is 25.1 Å². The molecule has 0 aliphatic heterocycles. The van der Waals surface area contributed by atoms with Crippen LogP contribution in [0.4, 0.5) is 18.0 Å². The molecule has 158 valence electrons. The Morgan fingerprint density at radius 3 is 2.27 bits per heavy atom. The first-order valence-corrected chi connectivity index (χ1v) is 9.68. The highest BCUT2D eigenvalue weighted by Gasteiger charge is 2.36. The summed E-state index contributed by atoms with van der Waals surface area (Å²) in [6, 6.07) is 6.39. The van der Waals surface area contributed by atoms with Crippen LogP contribution in [0, 0.1) is 0 Å². The van der Waals surface area contributed by atoms with Gasteiger partial charge in [0, 0.05) is 5.56 Å². The first-order valence-electron chi connectivity index (χ1n) is 8.54. The molecule has 4 nitrogen and oxygen atoms in total. The van der Waals surface area contributed by atoms with E-state index in [0.717, 1.165) is 12.1 Å². The second kappa shape index (κ2) is 8.49. The molecule has 0 bridgehead atoms. The summed E-state index contributed by atoms with van der Waals surface area (Å²) in [6.07, 6.45) is -4.85. The van der Waals surface area contributed by atoms with Crippen LogP contribution in [-0.2, 0) is 11.2 Å². The van der Waals surface area contributed by atoms with Gasteiger partial charge >= 0.3 is 12.3 Å². The average Bonchev–Trinajstić information content (AvgIpc) is 3.04. The van der Waals surface area contributed by atoms with Crippen molar-refractivity contribution in [1.82, 2.24) is 0 Å². The average molecular weight is 479 g/mol. The number of aryl methyl sites for hydroxylation is 1. The largest absolute Gasteiger partial charge is 0.441 e. The second-order valence-electron chi connectivity index (χ2n) is 6.55. The standard InChI is InChI=1S/C20H13Cl3F3NO3/c21-14-6-11(7-15(22)18(14)23)13(20(24,25)26)8-16(28)10-1-3-12-9(5-10)2-4-17(12)30-19(27)29/h1,3,5-8,17H,2,4H2,(H2,27,29). The number of allylic oxidation sites excluding steroid dienone is 2. The lowest BCUT2D eigenvalue weighted by atomic mass is 9.99. The van der Waals surface area contributed by atoms with Gasteiger partial charge in [-0.05, 0) is 53.8 Å². The van der Waals surface area contributed by atoms with Crippen LogP contribution in [0.3, 0.4) is 0 Å². The fraction of sp³-hybridized carbons (Fsp3) is 0.200. The third-order valence-corrected chi connectivity index (χ3v) is 5.78. The quantitative estimate of drug-likeness (QED) is 0.307. The van der Waals surface area contributed by atoms with Gasteiger partial charge in [0.05, 0.1) is 20.6 Å². The van der Waals surface area contributed by atoms with Gasteiger partial charge in [0.25, 0.3) is 0 Å². The Kier molecular flexibility index (Phi) is 6.36. The van der Waals surface area contributed by atoms with Gasteiger partial charge in [-0.3, -0.25) is 4.79 Å². The molecule has 0 heterocycles.